The van der Waals surface area contributed by atoms with Gasteiger partial charge in [-0.25, -0.2) is 0 Å². The molecule has 1 N–H and O–H groups in total. The summed E-state index contributed by atoms with van der Waals surface area (Å²) < 4.78 is 0. The van der Waals surface area contributed by atoms with Gasteiger partial charge in [-0.1, -0.05) is 0 Å². The molecule has 0 aromatic heterocycles. The minimum Gasteiger partial charge on any atom is -0.369 e. The summed E-state index contributed by atoms with van der Waals surface area (Å²) in [5.74, 6) is 0.309. The fraction of sp³-hybridized carbons (Fsp3) is 0.562. The summed E-state index contributed by atoms with van der Waals surface area (Å²) in [6, 6.07) is 7.10. The van der Waals surface area contributed by atoms with Crippen LogP contribution >= 0.6 is 0 Å². The topological polar surface area (TPSA) is 35.6 Å². The number of Topliss-reactive ketones (excluding diaryl/α,β-unsaturated/α-hetero) is 1. The zero-order valence-electron chi connectivity index (χ0n) is 11.8. The molecule has 0 amide bonds. The molecule has 4 rings (SSSR count). The van der Waals surface area contributed by atoms with Crippen molar-refractivity contribution in [1.29, 1.82) is 0 Å². The van der Waals surface area contributed by atoms with Crippen molar-refractivity contribution in [3.8, 4) is 0 Å². The van der Waals surface area contributed by atoms with Crippen molar-refractivity contribution in [3.05, 3.63) is 23.8 Å². The lowest BCUT2D eigenvalue weighted by molar-refractivity contribution is 0.0980. The number of carbonyl (C=O) groups excluding carboxylic acids is 1. The molecule has 106 valence electrons. The second-order valence-corrected chi connectivity index (χ2v) is 6.04. The third-order valence-corrected chi connectivity index (χ3v) is 4.64. The van der Waals surface area contributed by atoms with Crippen LogP contribution in [-0.4, -0.2) is 44.5 Å². The van der Waals surface area contributed by atoms with Crippen molar-refractivity contribution >= 4 is 17.2 Å². The molecule has 1 aromatic rings. The molecule has 2 fully saturated rings. The Kier molecular flexibility index (Phi) is 2.91. The molecule has 0 radical (unpaired) electrons. The Morgan fingerprint density at radius 3 is 2.65 bits per heavy atom. The van der Waals surface area contributed by atoms with Crippen LogP contribution in [0.2, 0.25) is 0 Å². The molecule has 20 heavy (non-hydrogen) atoms. The van der Waals surface area contributed by atoms with Gasteiger partial charge < -0.3 is 15.1 Å². The van der Waals surface area contributed by atoms with E-state index in [1.54, 1.807) is 0 Å². The van der Waals surface area contributed by atoms with E-state index in [2.05, 4.69) is 27.2 Å². The normalized spacial score (nSPS) is 22.9. The Labute approximate surface area is 119 Å². The molecule has 0 unspecified atom stereocenters. The third-order valence-electron chi connectivity index (χ3n) is 4.64. The smallest absolute Gasteiger partial charge is 0.166 e. The van der Waals surface area contributed by atoms with Crippen LogP contribution < -0.4 is 15.1 Å². The fourth-order valence-electron chi connectivity index (χ4n) is 3.36. The zero-order valence-corrected chi connectivity index (χ0v) is 11.8. The van der Waals surface area contributed by atoms with Gasteiger partial charge in [0.1, 0.15) is 0 Å². The van der Waals surface area contributed by atoms with Gasteiger partial charge in [-0.3, -0.25) is 4.79 Å². The van der Waals surface area contributed by atoms with Gasteiger partial charge in [0.15, 0.2) is 5.78 Å². The number of ketones is 1. The number of anilines is 2. The highest BCUT2D eigenvalue weighted by molar-refractivity contribution is 6.04. The van der Waals surface area contributed by atoms with E-state index >= 15 is 0 Å². The van der Waals surface area contributed by atoms with Crippen LogP contribution in [0.1, 0.15) is 29.6 Å². The Balaban J connectivity index is 1.69. The van der Waals surface area contributed by atoms with E-state index in [0.29, 0.717) is 18.2 Å². The average Bonchev–Trinajstić information content (AvgIpc) is 3.33. The summed E-state index contributed by atoms with van der Waals surface area (Å²) in [7, 11) is 0. The number of hydrogen-bond donors (Lipinski definition) is 1. The standard InChI is InChI=1S/C16H21N3O/c20-16-5-8-19(12-1-2-12)15-11-13(3-4-14(15)16)18-9-6-17-7-10-18/h3-4,11-12,17H,1-2,5-10H2. The molecule has 0 atom stereocenters. The monoisotopic (exact) mass is 271 g/mol. The van der Waals surface area contributed by atoms with Crippen LogP contribution in [0.5, 0.6) is 0 Å². The van der Waals surface area contributed by atoms with Crippen molar-refractivity contribution in [2.45, 2.75) is 25.3 Å². The van der Waals surface area contributed by atoms with Gasteiger partial charge in [0.05, 0.1) is 0 Å². The lowest BCUT2D eigenvalue weighted by Gasteiger charge is -2.34. The van der Waals surface area contributed by atoms with E-state index in [1.807, 2.05) is 6.07 Å². The molecule has 4 nitrogen and oxygen atoms in total. The molecule has 2 heterocycles. The van der Waals surface area contributed by atoms with Gasteiger partial charge in [0.2, 0.25) is 0 Å². The van der Waals surface area contributed by atoms with Crippen LogP contribution in [-0.2, 0) is 0 Å². The Morgan fingerprint density at radius 1 is 1.10 bits per heavy atom. The van der Waals surface area contributed by atoms with E-state index < -0.39 is 0 Å². The lowest BCUT2D eigenvalue weighted by atomic mass is 9.99. The van der Waals surface area contributed by atoms with Crippen molar-refractivity contribution in [1.82, 2.24) is 5.32 Å². The number of hydrogen-bond acceptors (Lipinski definition) is 4. The molecule has 1 saturated carbocycles. The number of benzene rings is 1. The zero-order chi connectivity index (χ0) is 13.5. The summed E-state index contributed by atoms with van der Waals surface area (Å²) in [5, 5.41) is 3.38. The van der Waals surface area contributed by atoms with Crippen molar-refractivity contribution in [2.75, 3.05) is 42.5 Å². The first-order chi connectivity index (χ1) is 9.83. The number of rotatable bonds is 2. The number of fused-ring (bicyclic) bond motifs is 1. The molecule has 0 spiro atoms. The maximum atomic E-state index is 12.1. The minimum absolute atomic E-state index is 0.309. The van der Waals surface area contributed by atoms with Gasteiger partial charge in [0.25, 0.3) is 0 Å². The first kappa shape index (κ1) is 12.2. The fourth-order valence-corrected chi connectivity index (χ4v) is 3.36. The first-order valence-corrected chi connectivity index (χ1v) is 7.72. The van der Waals surface area contributed by atoms with E-state index in [9.17, 15) is 4.79 Å². The molecule has 2 aliphatic heterocycles. The summed E-state index contributed by atoms with van der Waals surface area (Å²) in [5.41, 5.74) is 3.38. The predicted octanol–water partition coefficient (Wildman–Crippen LogP) is 1.65. The van der Waals surface area contributed by atoms with Crippen LogP contribution in [0.25, 0.3) is 0 Å². The Morgan fingerprint density at radius 2 is 1.90 bits per heavy atom. The highest BCUT2D eigenvalue weighted by atomic mass is 16.1. The second-order valence-electron chi connectivity index (χ2n) is 6.04. The molecule has 3 aliphatic rings. The van der Waals surface area contributed by atoms with Crippen LogP contribution in [0.4, 0.5) is 11.4 Å². The predicted molar refractivity (Wildman–Crippen MR) is 80.8 cm³/mol. The third kappa shape index (κ3) is 2.08. The average molecular weight is 271 g/mol. The number of nitrogens with one attached hydrogen (secondary N) is 1. The molecule has 1 aromatic carbocycles. The maximum Gasteiger partial charge on any atom is 0.166 e. The van der Waals surface area contributed by atoms with E-state index in [4.69, 9.17) is 0 Å². The van der Waals surface area contributed by atoms with Crippen LogP contribution in [0.15, 0.2) is 18.2 Å². The molecular weight excluding hydrogens is 250 g/mol. The number of carbonyl (C=O) groups is 1. The minimum atomic E-state index is 0.309. The second kappa shape index (κ2) is 4.77. The summed E-state index contributed by atoms with van der Waals surface area (Å²) >= 11 is 0. The van der Waals surface area contributed by atoms with Gasteiger partial charge in [-0.05, 0) is 31.0 Å². The van der Waals surface area contributed by atoms with Crippen molar-refractivity contribution in [2.24, 2.45) is 0 Å². The summed E-state index contributed by atoms with van der Waals surface area (Å²) in [6.07, 6.45) is 3.24. The first-order valence-electron chi connectivity index (χ1n) is 7.72. The van der Waals surface area contributed by atoms with Gasteiger partial charge in [0, 0.05) is 62.1 Å². The number of piperazine rings is 1. The van der Waals surface area contributed by atoms with E-state index in [0.717, 1.165) is 38.3 Å². The Hall–Kier alpha value is -1.55. The van der Waals surface area contributed by atoms with Gasteiger partial charge in [-0.2, -0.15) is 0 Å². The quantitative estimate of drug-likeness (QED) is 0.887. The van der Waals surface area contributed by atoms with E-state index in [1.165, 1.54) is 24.2 Å². The molecule has 1 saturated heterocycles. The molecule has 1 aliphatic carbocycles. The molecular formula is C16H21N3O. The maximum absolute atomic E-state index is 12.1. The van der Waals surface area contributed by atoms with Crippen molar-refractivity contribution < 1.29 is 4.79 Å². The Bertz CT molecular complexity index is 533. The molecule has 4 heteroatoms. The lowest BCUT2D eigenvalue weighted by Crippen LogP contribution is -2.43. The molecule has 0 bridgehead atoms. The van der Waals surface area contributed by atoms with Crippen LogP contribution in [0, 0.1) is 0 Å². The van der Waals surface area contributed by atoms with Crippen LogP contribution in [0.3, 0.4) is 0 Å². The van der Waals surface area contributed by atoms with Gasteiger partial charge >= 0.3 is 0 Å². The highest BCUT2D eigenvalue weighted by Crippen LogP contribution is 2.38. The highest BCUT2D eigenvalue weighted by Gasteiger charge is 2.34. The SMILES string of the molecule is O=C1CCN(C2CC2)c2cc(N3CCNCC3)ccc21. The van der Waals surface area contributed by atoms with E-state index in [-0.39, 0.29) is 0 Å². The summed E-state index contributed by atoms with van der Waals surface area (Å²) in [4.78, 5) is 17.0. The largest absolute Gasteiger partial charge is 0.369 e. The summed E-state index contributed by atoms with van der Waals surface area (Å²) in [6.45, 7) is 5.10. The number of nitrogens with zero attached hydrogens (tertiary/aromatic N) is 2. The van der Waals surface area contributed by atoms with Crippen molar-refractivity contribution in [3.63, 3.8) is 0 Å². The van der Waals surface area contributed by atoms with Gasteiger partial charge in [-0.15, -0.1) is 0 Å².